The van der Waals surface area contributed by atoms with Crippen molar-refractivity contribution in [2.24, 2.45) is 0 Å². The summed E-state index contributed by atoms with van der Waals surface area (Å²) in [6.07, 6.45) is -7.56. The van der Waals surface area contributed by atoms with Gasteiger partial charge in [0, 0.05) is 16.3 Å². The van der Waals surface area contributed by atoms with Crippen molar-refractivity contribution in [1.29, 1.82) is 0 Å². The van der Waals surface area contributed by atoms with Crippen LogP contribution in [0.5, 0.6) is 11.5 Å². The quantitative estimate of drug-likeness (QED) is 0.365. The van der Waals surface area contributed by atoms with Crippen LogP contribution in [-0.4, -0.2) is 68.8 Å². The first-order chi connectivity index (χ1) is 15.9. The van der Waals surface area contributed by atoms with Gasteiger partial charge in [-0.25, -0.2) is 4.79 Å². The van der Waals surface area contributed by atoms with Gasteiger partial charge in [0.25, 0.3) is 0 Å². The monoisotopic (exact) mass is 454 g/mol. The molecule has 33 heavy (non-hydrogen) atoms. The predicted molar refractivity (Wildman–Crippen MR) is 115 cm³/mol. The molecule has 0 bridgehead atoms. The summed E-state index contributed by atoms with van der Waals surface area (Å²) in [5, 5.41) is 51.9. The smallest absolute Gasteiger partial charge is 0.339 e. The molecule has 0 saturated carbocycles. The van der Waals surface area contributed by atoms with Crippen LogP contribution < -0.4 is 4.74 Å². The minimum absolute atomic E-state index is 0.0333. The molecule has 5 N–H and O–H groups in total. The van der Waals surface area contributed by atoms with Crippen LogP contribution in [0.25, 0.3) is 21.9 Å². The molecule has 9 nitrogen and oxygen atoms in total. The maximum atomic E-state index is 12.4. The average molecular weight is 454 g/mol. The van der Waals surface area contributed by atoms with E-state index in [1.807, 2.05) is 30.3 Å². The van der Waals surface area contributed by atoms with Gasteiger partial charge in [-0.15, -0.1) is 0 Å². The zero-order chi connectivity index (χ0) is 23.3. The number of carbonyl (C=O) groups is 1. The van der Waals surface area contributed by atoms with E-state index in [0.717, 1.165) is 5.56 Å². The van der Waals surface area contributed by atoms with Crippen molar-refractivity contribution in [3.05, 3.63) is 59.7 Å². The number of rotatable bonds is 4. The molecule has 9 heteroatoms. The average Bonchev–Trinajstić information content (AvgIpc) is 2.83. The molecule has 2 aliphatic rings. The predicted octanol–water partition coefficient (Wildman–Crippen LogP) is 1.06. The lowest BCUT2D eigenvalue weighted by Gasteiger charge is -2.39. The summed E-state index contributed by atoms with van der Waals surface area (Å²) in [5.74, 6) is -0.883. The van der Waals surface area contributed by atoms with Crippen molar-refractivity contribution in [1.82, 2.24) is 0 Å². The summed E-state index contributed by atoms with van der Waals surface area (Å²) in [6, 6.07) is 14.0. The lowest BCUT2D eigenvalue weighted by Crippen LogP contribution is -2.60. The summed E-state index contributed by atoms with van der Waals surface area (Å²) < 4.78 is 16.6. The Morgan fingerprint density at radius 2 is 1.67 bits per heavy atom. The molecule has 2 aliphatic heterocycles. The van der Waals surface area contributed by atoms with Gasteiger partial charge in [-0.1, -0.05) is 36.4 Å². The number of aliphatic hydroxyl groups excluding tert-OH is 4. The van der Waals surface area contributed by atoms with E-state index in [1.165, 1.54) is 6.07 Å². The zero-order valence-corrected chi connectivity index (χ0v) is 17.3. The Bertz CT molecular complexity index is 1210. The summed E-state index contributed by atoms with van der Waals surface area (Å²) in [6.45, 7) is -0.657. The molecule has 5 atom stereocenters. The number of carbonyl (C=O) groups excluding carboxylic acids is 1. The van der Waals surface area contributed by atoms with Gasteiger partial charge in [-0.05, 0) is 23.3 Å². The highest BCUT2D eigenvalue weighted by Crippen LogP contribution is 2.46. The number of phenolic OH excluding ortho intramolecular Hbond substituents is 1. The van der Waals surface area contributed by atoms with Crippen LogP contribution in [0.15, 0.2) is 48.5 Å². The molecule has 3 aromatic rings. The Balaban J connectivity index is 1.71. The number of esters is 1. The van der Waals surface area contributed by atoms with Gasteiger partial charge in [0.1, 0.15) is 31.0 Å². The van der Waals surface area contributed by atoms with Gasteiger partial charge in [0.05, 0.1) is 12.2 Å². The number of hydrogen-bond acceptors (Lipinski definition) is 9. The van der Waals surface area contributed by atoms with E-state index in [0.29, 0.717) is 27.5 Å². The SMILES string of the molecule is O=C1OCc2cc(O)c(OC3OC(CO)C(O)C(O)C3O)c3c(-c4ccccc4)ccc1c23. The molecular formula is C24H22O9. The summed E-state index contributed by atoms with van der Waals surface area (Å²) in [5.41, 5.74) is 2.32. The normalized spacial score (nSPS) is 26.8. The van der Waals surface area contributed by atoms with Crippen molar-refractivity contribution in [2.75, 3.05) is 6.61 Å². The van der Waals surface area contributed by atoms with Gasteiger partial charge < -0.3 is 39.7 Å². The lowest BCUT2D eigenvalue weighted by molar-refractivity contribution is -0.277. The Morgan fingerprint density at radius 3 is 2.39 bits per heavy atom. The highest BCUT2D eigenvalue weighted by molar-refractivity contribution is 6.14. The van der Waals surface area contributed by atoms with Crippen LogP contribution in [0.4, 0.5) is 0 Å². The molecule has 0 aliphatic carbocycles. The number of ether oxygens (including phenoxy) is 3. The number of phenols is 1. The second kappa shape index (κ2) is 8.29. The first-order valence-electron chi connectivity index (χ1n) is 10.4. The van der Waals surface area contributed by atoms with Crippen molar-refractivity contribution in [2.45, 2.75) is 37.3 Å². The highest BCUT2D eigenvalue weighted by Gasteiger charge is 2.45. The Kier molecular flexibility index (Phi) is 5.43. The number of aromatic hydroxyl groups is 1. The molecule has 0 amide bonds. The van der Waals surface area contributed by atoms with E-state index in [4.69, 9.17) is 14.2 Å². The first-order valence-corrected chi connectivity index (χ1v) is 10.4. The molecule has 0 radical (unpaired) electrons. The second-order valence-electron chi connectivity index (χ2n) is 8.05. The zero-order valence-electron chi connectivity index (χ0n) is 17.3. The largest absolute Gasteiger partial charge is 0.504 e. The van der Waals surface area contributed by atoms with Crippen LogP contribution in [0.1, 0.15) is 15.9 Å². The fourth-order valence-corrected chi connectivity index (χ4v) is 4.37. The summed E-state index contributed by atoms with van der Waals surface area (Å²) in [7, 11) is 0. The van der Waals surface area contributed by atoms with Crippen molar-refractivity contribution < 1.29 is 44.5 Å². The van der Waals surface area contributed by atoms with Crippen LogP contribution >= 0.6 is 0 Å². The molecule has 0 spiro atoms. The van der Waals surface area contributed by atoms with Gasteiger partial charge in [-0.2, -0.15) is 0 Å². The van der Waals surface area contributed by atoms with Gasteiger partial charge in [0.15, 0.2) is 11.5 Å². The number of aliphatic hydroxyl groups is 4. The molecule has 5 rings (SSSR count). The van der Waals surface area contributed by atoms with Crippen LogP contribution in [0, 0.1) is 0 Å². The maximum Gasteiger partial charge on any atom is 0.339 e. The Hall–Kier alpha value is -3.21. The third-order valence-corrected chi connectivity index (χ3v) is 6.04. The van der Waals surface area contributed by atoms with E-state index in [-0.39, 0.29) is 18.1 Å². The fraction of sp³-hybridized carbons (Fsp3) is 0.292. The Labute approximate surface area is 188 Å². The minimum Gasteiger partial charge on any atom is -0.504 e. The third-order valence-electron chi connectivity index (χ3n) is 6.04. The number of hydrogen-bond donors (Lipinski definition) is 5. The lowest BCUT2D eigenvalue weighted by atomic mass is 9.90. The molecule has 3 aromatic carbocycles. The fourth-order valence-electron chi connectivity index (χ4n) is 4.37. The molecule has 172 valence electrons. The summed E-state index contributed by atoms with van der Waals surface area (Å²) in [4.78, 5) is 12.4. The van der Waals surface area contributed by atoms with Crippen molar-refractivity contribution >= 4 is 16.7 Å². The molecule has 0 aromatic heterocycles. The van der Waals surface area contributed by atoms with E-state index in [9.17, 15) is 30.3 Å². The molecular weight excluding hydrogens is 432 g/mol. The highest BCUT2D eigenvalue weighted by atomic mass is 16.7. The van der Waals surface area contributed by atoms with Gasteiger partial charge in [0.2, 0.25) is 6.29 Å². The molecule has 2 heterocycles. The Morgan fingerprint density at radius 1 is 0.939 bits per heavy atom. The molecule has 5 unspecified atom stereocenters. The van der Waals surface area contributed by atoms with E-state index >= 15 is 0 Å². The molecule has 1 saturated heterocycles. The van der Waals surface area contributed by atoms with Gasteiger partial charge in [-0.3, -0.25) is 0 Å². The maximum absolute atomic E-state index is 12.4. The van der Waals surface area contributed by atoms with Crippen molar-refractivity contribution in [3.8, 4) is 22.6 Å². The minimum atomic E-state index is -1.67. The van der Waals surface area contributed by atoms with Crippen LogP contribution in [0.3, 0.4) is 0 Å². The first kappa shape index (κ1) is 21.6. The van der Waals surface area contributed by atoms with E-state index < -0.39 is 43.3 Å². The summed E-state index contributed by atoms with van der Waals surface area (Å²) >= 11 is 0. The van der Waals surface area contributed by atoms with E-state index in [2.05, 4.69) is 0 Å². The van der Waals surface area contributed by atoms with Crippen LogP contribution in [-0.2, 0) is 16.1 Å². The molecule has 1 fully saturated rings. The van der Waals surface area contributed by atoms with Gasteiger partial charge >= 0.3 is 5.97 Å². The number of cyclic esters (lactones) is 1. The standard InChI is InChI=1S/C24H22O9/c25-9-16-19(27)20(28)21(29)24(32-16)33-22-15(26)8-12-10-31-23(30)14-7-6-13(18(22)17(12)14)11-4-2-1-3-5-11/h1-8,16,19-21,24-29H,9-10H2. The van der Waals surface area contributed by atoms with E-state index in [1.54, 1.807) is 12.1 Å². The third kappa shape index (κ3) is 3.50. The van der Waals surface area contributed by atoms with Crippen molar-refractivity contribution in [3.63, 3.8) is 0 Å². The second-order valence-corrected chi connectivity index (χ2v) is 8.05. The number of benzene rings is 3. The van der Waals surface area contributed by atoms with Crippen LogP contribution in [0.2, 0.25) is 0 Å². The topological polar surface area (TPSA) is 146 Å².